The molecule has 20 heavy (non-hydrogen) atoms. The van der Waals surface area contributed by atoms with Crippen LogP contribution in [0.5, 0.6) is 0 Å². The van der Waals surface area contributed by atoms with E-state index in [9.17, 15) is 24.2 Å². The molecule has 1 aromatic rings. The van der Waals surface area contributed by atoms with Crippen LogP contribution in [0.1, 0.15) is 35.4 Å². The van der Waals surface area contributed by atoms with E-state index in [1.165, 1.54) is 6.92 Å². The minimum Gasteiger partial charge on any atom is -0.478 e. The first-order chi connectivity index (χ1) is 9.32. The van der Waals surface area contributed by atoms with E-state index >= 15 is 0 Å². The lowest BCUT2D eigenvalue weighted by Gasteiger charge is -2.19. The monoisotopic (exact) mass is 285 g/mol. The van der Waals surface area contributed by atoms with Gasteiger partial charge in [-0.2, -0.15) is 0 Å². The number of aliphatic hydroxyl groups excluding tert-OH is 2. The lowest BCUT2D eigenvalue weighted by Crippen LogP contribution is -2.28. The largest absolute Gasteiger partial charge is 0.478 e. The molecule has 1 aromatic carbocycles. The van der Waals surface area contributed by atoms with Crippen LogP contribution in [-0.4, -0.2) is 39.8 Å². The smallest absolute Gasteiger partial charge is 0.336 e. The zero-order chi connectivity index (χ0) is 15.3. The lowest BCUT2D eigenvalue weighted by molar-refractivity contribution is -0.119. The van der Waals surface area contributed by atoms with Crippen LogP contribution < -0.4 is 5.32 Å². The molecule has 0 saturated carbocycles. The molecule has 4 N–H and O–H groups in total. The highest BCUT2D eigenvalue weighted by Crippen LogP contribution is 2.23. The van der Waals surface area contributed by atoms with Gasteiger partial charge in [0.2, 0.25) is 5.91 Å². The Morgan fingerprint density at radius 2 is 2.00 bits per heavy atom. The lowest BCUT2D eigenvalue weighted by atomic mass is 9.97. The van der Waals surface area contributed by atoms with E-state index in [0.29, 0.717) is 0 Å². The number of carboxylic acid groups (broad SMARTS) is 1. The van der Waals surface area contributed by atoms with Crippen molar-refractivity contribution in [2.24, 2.45) is 0 Å². The van der Waals surface area contributed by atoms with Crippen molar-refractivity contribution in [1.29, 1.82) is 0 Å². The van der Waals surface area contributed by atoms with Crippen molar-refractivity contribution >= 4 is 11.9 Å². The first-order valence-corrected chi connectivity index (χ1v) is 5.96. The van der Waals surface area contributed by atoms with E-state index in [-0.39, 0.29) is 30.0 Å². The number of carbonyl (C=O) groups is 2. The second kappa shape index (κ2) is 6.97. The first-order valence-electron chi connectivity index (χ1n) is 5.96. The van der Waals surface area contributed by atoms with Crippen LogP contribution in [0, 0.1) is 5.82 Å². The summed E-state index contributed by atoms with van der Waals surface area (Å²) in [5, 5.41) is 31.1. The maximum atomic E-state index is 13.1. The van der Waals surface area contributed by atoms with Crippen molar-refractivity contribution in [2.75, 3.05) is 6.54 Å². The SMILES string of the molecule is CC(=O)NCCC(O)C(O)c1cc(F)ccc1C(=O)O. The highest BCUT2D eigenvalue weighted by molar-refractivity contribution is 5.89. The molecule has 110 valence electrons. The Morgan fingerprint density at radius 1 is 1.35 bits per heavy atom. The zero-order valence-corrected chi connectivity index (χ0v) is 10.8. The second-order valence-corrected chi connectivity index (χ2v) is 4.32. The number of rotatable bonds is 6. The fourth-order valence-electron chi connectivity index (χ4n) is 1.73. The molecule has 1 rings (SSSR count). The summed E-state index contributed by atoms with van der Waals surface area (Å²) < 4.78 is 13.1. The summed E-state index contributed by atoms with van der Waals surface area (Å²) in [6, 6.07) is 2.86. The fourth-order valence-corrected chi connectivity index (χ4v) is 1.73. The van der Waals surface area contributed by atoms with E-state index in [2.05, 4.69) is 5.32 Å². The van der Waals surface area contributed by atoms with Crippen molar-refractivity contribution < 1.29 is 29.3 Å². The van der Waals surface area contributed by atoms with Gasteiger partial charge in [-0.25, -0.2) is 9.18 Å². The van der Waals surface area contributed by atoms with Gasteiger partial charge in [-0.3, -0.25) is 4.79 Å². The Labute approximate surface area is 114 Å². The number of carboxylic acids is 1. The Kier molecular flexibility index (Phi) is 5.60. The number of hydrogen-bond acceptors (Lipinski definition) is 4. The number of aromatic carboxylic acids is 1. The predicted molar refractivity (Wildman–Crippen MR) is 67.6 cm³/mol. The Balaban J connectivity index is 2.84. The molecule has 0 aromatic heterocycles. The van der Waals surface area contributed by atoms with Gasteiger partial charge in [0.1, 0.15) is 11.9 Å². The van der Waals surface area contributed by atoms with Crippen LogP contribution in [0.2, 0.25) is 0 Å². The van der Waals surface area contributed by atoms with E-state index in [1.807, 2.05) is 0 Å². The standard InChI is InChI=1S/C13H16FNO5/c1-7(16)15-5-4-11(17)12(18)10-6-8(14)2-3-9(10)13(19)20/h2-3,6,11-12,17-18H,4-5H2,1H3,(H,15,16)(H,19,20). The van der Waals surface area contributed by atoms with Crippen LogP contribution in [0.15, 0.2) is 18.2 Å². The summed E-state index contributed by atoms with van der Waals surface area (Å²) in [4.78, 5) is 21.7. The number of amides is 1. The fraction of sp³-hybridized carbons (Fsp3) is 0.385. The molecule has 7 heteroatoms. The summed E-state index contributed by atoms with van der Waals surface area (Å²) in [6.45, 7) is 1.42. The number of hydrogen-bond donors (Lipinski definition) is 4. The molecule has 0 bridgehead atoms. The van der Waals surface area contributed by atoms with Crippen LogP contribution in [0.4, 0.5) is 4.39 Å². The van der Waals surface area contributed by atoms with Gasteiger partial charge in [0.15, 0.2) is 0 Å². The summed E-state index contributed by atoms with van der Waals surface area (Å²) in [5.41, 5.74) is -0.481. The molecule has 1 amide bonds. The predicted octanol–water partition coefficient (Wildman–Crippen LogP) is 0.444. The van der Waals surface area contributed by atoms with Gasteiger partial charge in [0.05, 0.1) is 11.7 Å². The number of halogens is 1. The van der Waals surface area contributed by atoms with Crippen LogP contribution >= 0.6 is 0 Å². The van der Waals surface area contributed by atoms with Gasteiger partial charge in [0.25, 0.3) is 0 Å². The maximum absolute atomic E-state index is 13.1. The minimum absolute atomic E-state index is 0.0102. The molecule has 0 radical (unpaired) electrons. The van der Waals surface area contributed by atoms with E-state index in [1.54, 1.807) is 0 Å². The molecule has 0 saturated heterocycles. The number of nitrogens with one attached hydrogen (secondary N) is 1. The van der Waals surface area contributed by atoms with Gasteiger partial charge in [-0.1, -0.05) is 0 Å². The minimum atomic E-state index is -1.55. The highest BCUT2D eigenvalue weighted by Gasteiger charge is 2.24. The van der Waals surface area contributed by atoms with Crippen LogP contribution in [0.25, 0.3) is 0 Å². The molecule has 0 aliphatic carbocycles. The van der Waals surface area contributed by atoms with Crippen LogP contribution in [-0.2, 0) is 4.79 Å². The number of aliphatic hydroxyl groups is 2. The van der Waals surface area contributed by atoms with Crippen molar-refractivity contribution in [3.05, 3.63) is 35.1 Å². The van der Waals surface area contributed by atoms with Gasteiger partial charge >= 0.3 is 5.97 Å². The summed E-state index contributed by atoms with van der Waals surface area (Å²) in [7, 11) is 0. The van der Waals surface area contributed by atoms with Crippen molar-refractivity contribution in [1.82, 2.24) is 5.32 Å². The molecule has 0 aliphatic rings. The van der Waals surface area contributed by atoms with Gasteiger partial charge in [-0.15, -0.1) is 0 Å². The zero-order valence-electron chi connectivity index (χ0n) is 10.8. The van der Waals surface area contributed by atoms with Gasteiger partial charge < -0.3 is 20.6 Å². The van der Waals surface area contributed by atoms with E-state index in [4.69, 9.17) is 5.11 Å². The third-order valence-corrected chi connectivity index (χ3v) is 2.74. The Morgan fingerprint density at radius 3 is 2.55 bits per heavy atom. The molecule has 2 atom stereocenters. The first kappa shape index (κ1) is 16.1. The average Bonchev–Trinajstić information content (AvgIpc) is 2.36. The van der Waals surface area contributed by atoms with Crippen LogP contribution in [0.3, 0.4) is 0 Å². The highest BCUT2D eigenvalue weighted by atomic mass is 19.1. The van der Waals surface area contributed by atoms with E-state index < -0.39 is 24.0 Å². The topological polar surface area (TPSA) is 107 Å². The van der Waals surface area contributed by atoms with Crippen molar-refractivity contribution in [3.63, 3.8) is 0 Å². The summed E-state index contributed by atoms with van der Waals surface area (Å²) >= 11 is 0. The average molecular weight is 285 g/mol. The molecule has 0 spiro atoms. The molecule has 6 nitrogen and oxygen atoms in total. The molecule has 0 fully saturated rings. The molecule has 0 aliphatic heterocycles. The number of carbonyl (C=O) groups excluding carboxylic acids is 1. The van der Waals surface area contributed by atoms with Gasteiger partial charge in [0, 0.05) is 19.0 Å². The normalized spacial score (nSPS) is 13.6. The summed E-state index contributed by atoms with van der Waals surface area (Å²) in [6.07, 6.45) is -2.86. The van der Waals surface area contributed by atoms with Crippen molar-refractivity contribution in [2.45, 2.75) is 25.6 Å². The Bertz CT molecular complexity index is 506. The quantitative estimate of drug-likeness (QED) is 0.607. The maximum Gasteiger partial charge on any atom is 0.336 e. The molecular formula is C13H16FNO5. The summed E-state index contributed by atoms with van der Waals surface area (Å²) in [5.74, 6) is -2.32. The second-order valence-electron chi connectivity index (χ2n) is 4.32. The third kappa shape index (κ3) is 4.29. The Hall–Kier alpha value is -1.99. The molecule has 0 heterocycles. The molecular weight excluding hydrogens is 269 g/mol. The number of benzene rings is 1. The van der Waals surface area contributed by atoms with Crippen molar-refractivity contribution in [3.8, 4) is 0 Å². The van der Waals surface area contributed by atoms with E-state index in [0.717, 1.165) is 18.2 Å². The third-order valence-electron chi connectivity index (χ3n) is 2.74. The molecule has 2 unspecified atom stereocenters. The van der Waals surface area contributed by atoms with Gasteiger partial charge in [-0.05, 0) is 24.6 Å².